The van der Waals surface area contributed by atoms with Crippen LogP contribution in [-0.4, -0.2) is 95.4 Å². The lowest BCUT2D eigenvalue weighted by Gasteiger charge is -2.41. The summed E-state index contributed by atoms with van der Waals surface area (Å²) in [5.74, 6) is -0.258. The summed E-state index contributed by atoms with van der Waals surface area (Å²) in [5.41, 5.74) is 0. The molecule has 1 aliphatic rings. The second-order valence-corrected chi connectivity index (χ2v) is 20.9. The van der Waals surface area contributed by atoms with Crippen molar-refractivity contribution in [3.63, 3.8) is 0 Å². The first kappa shape index (κ1) is 63.9. The lowest BCUT2D eigenvalue weighted by Crippen LogP contribution is -2.61. The van der Waals surface area contributed by atoms with Gasteiger partial charge in [0.05, 0.1) is 25.4 Å². The highest BCUT2D eigenvalue weighted by molar-refractivity contribution is 7.80. The van der Waals surface area contributed by atoms with Crippen LogP contribution in [0.15, 0.2) is 12.2 Å². The van der Waals surface area contributed by atoms with Gasteiger partial charge in [0.25, 0.3) is 0 Å². The van der Waals surface area contributed by atoms with Crippen molar-refractivity contribution < 1.29 is 51.8 Å². The SMILES string of the molecule is CCCCCCCCCCC/C=C/C(O)C(COC1OC(CO)C(O)C(OS(=O)(=O)O)C1O)NC(=O)CCCCCCCCCCCCCCCCCCCCCCCCCCCCCCC. The third kappa shape index (κ3) is 37.3. The standard InChI is InChI=1S/C54H105NO11S/c1-3-5-7-9-11-13-15-16-17-18-19-20-21-22-23-24-25-26-27-28-29-30-31-32-34-36-38-40-42-44-50(58)55-47(48(57)43-41-39-37-35-33-14-12-10-8-6-4-2)46-64-54-52(60)53(66-67(61,62)63)51(59)49(45-56)65-54/h41,43,47-49,51-54,56-57,59-60H,3-40,42,44-46H2,1-2H3,(H,55,58)(H,61,62,63)/b43-41+. The Labute approximate surface area is 410 Å². The molecule has 398 valence electrons. The second kappa shape index (κ2) is 44.8. The number of ether oxygens (including phenoxy) is 2. The minimum atomic E-state index is -5.08. The Bertz CT molecular complexity index is 1240. The van der Waals surface area contributed by atoms with E-state index in [1.807, 2.05) is 6.08 Å². The molecule has 0 aromatic rings. The number of hydrogen-bond donors (Lipinski definition) is 6. The van der Waals surface area contributed by atoms with Crippen LogP contribution in [0.5, 0.6) is 0 Å². The van der Waals surface area contributed by atoms with Crippen LogP contribution in [0, 0.1) is 0 Å². The monoisotopic (exact) mass is 976 g/mol. The van der Waals surface area contributed by atoms with Gasteiger partial charge in [-0.05, 0) is 19.3 Å². The lowest BCUT2D eigenvalue weighted by atomic mass is 9.99. The van der Waals surface area contributed by atoms with Gasteiger partial charge in [0.1, 0.15) is 24.4 Å². The van der Waals surface area contributed by atoms with Crippen molar-refractivity contribution in [2.75, 3.05) is 13.2 Å². The van der Waals surface area contributed by atoms with Gasteiger partial charge in [-0.2, -0.15) is 8.42 Å². The normalized spacial score (nSPS) is 19.9. The highest BCUT2D eigenvalue weighted by Gasteiger charge is 2.48. The minimum Gasteiger partial charge on any atom is -0.394 e. The first-order valence-corrected chi connectivity index (χ1v) is 29.4. The summed E-state index contributed by atoms with van der Waals surface area (Å²) >= 11 is 0. The molecule has 12 nitrogen and oxygen atoms in total. The van der Waals surface area contributed by atoms with E-state index in [-0.39, 0.29) is 18.9 Å². The molecule has 0 aromatic carbocycles. The molecule has 0 saturated carbocycles. The molecule has 1 fully saturated rings. The van der Waals surface area contributed by atoms with Crippen molar-refractivity contribution in [3.8, 4) is 0 Å². The van der Waals surface area contributed by atoms with E-state index in [0.717, 1.165) is 38.5 Å². The summed E-state index contributed by atoms with van der Waals surface area (Å²) < 4.78 is 47.7. The molecule has 1 rings (SSSR count). The minimum absolute atomic E-state index is 0.258. The van der Waals surface area contributed by atoms with Gasteiger partial charge in [0, 0.05) is 6.42 Å². The molecule has 67 heavy (non-hydrogen) atoms. The quantitative estimate of drug-likeness (QED) is 0.0193. The smallest absolute Gasteiger partial charge is 0.394 e. The molecule has 1 aliphatic heterocycles. The van der Waals surface area contributed by atoms with Crippen LogP contribution in [0.2, 0.25) is 0 Å². The first-order chi connectivity index (χ1) is 32.5. The van der Waals surface area contributed by atoms with E-state index in [9.17, 15) is 38.2 Å². The van der Waals surface area contributed by atoms with E-state index >= 15 is 0 Å². The van der Waals surface area contributed by atoms with Gasteiger partial charge < -0.3 is 35.2 Å². The van der Waals surface area contributed by atoms with Crippen molar-refractivity contribution in [2.45, 2.75) is 314 Å². The number of rotatable bonds is 49. The molecule has 13 heteroatoms. The summed E-state index contributed by atoms with van der Waals surface area (Å²) in [4.78, 5) is 13.1. The van der Waals surface area contributed by atoms with Gasteiger partial charge in [-0.3, -0.25) is 9.35 Å². The Morgan fingerprint density at radius 2 is 0.940 bits per heavy atom. The Kier molecular flexibility index (Phi) is 42.7. The van der Waals surface area contributed by atoms with Crippen molar-refractivity contribution in [2.24, 2.45) is 0 Å². The largest absolute Gasteiger partial charge is 0.397 e. The maximum atomic E-state index is 13.1. The molecule has 0 bridgehead atoms. The van der Waals surface area contributed by atoms with Gasteiger partial charge in [-0.1, -0.05) is 257 Å². The summed E-state index contributed by atoms with van der Waals surface area (Å²) in [6, 6.07) is -0.938. The Morgan fingerprint density at radius 1 is 0.582 bits per heavy atom. The van der Waals surface area contributed by atoms with E-state index in [1.165, 1.54) is 205 Å². The van der Waals surface area contributed by atoms with Crippen molar-refractivity contribution in [1.29, 1.82) is 0 Å². The Morgan fingerprint density at radius 3 is 1.30 bits per heavy atom. The van der Waals surface area contributed by atoms with E-state index in [1.54, 1.807) is 6.08 Å². The lowest BCUT2D eigenvalue weighted by molar-refractivity contribution is -0.298. The molecule has 6 N–H and O–H groups in total. The third-order valence-corrected chi connectivity index (χ3v) is 14.0. The zero-order valence-corrected chi connectivity index (χ0v) is 43.8. The molecule has 1 amide bonds. The molecular weight excluding hydrogens is 871 g/mol. The topological polar surface area (TPSA) is 192 Å². The molecule has 7 unspecified atom stereocenters. The first-order valence-electron chi connectivity index (χ1n) is 28.1. The van der Waals surface area contributed by atoms with E-state index in [2.05, 4.69) is 23.3 Å². The number of aliphatic hydroxyl groups is 4. The van der Waals surface area contributed by atoms with Crippen molar-refractivity contribution in [3.05, 3.63) is 12.2 Å². The maximum Gasteiger partial charge on any atom is 0.397 e. The predicted molar refractivity (Wildman–Crippen MR) is 273 cm³/mol. The van der Waals surface area contributed by atoms with E-state index in [0.29, 0.717) is 6.42 Å². The molecule has 1 heterocycles. The van der Waals surface area contributed by atoms with Crippen LogP contribution in [0.4, 0.5) is 0 Å². The average molecular weight is 976 g/mol. The molecule has 1 saturated heterocycles. The van der Waals surface area contributed by atoms with Crippen LogP contribution < -0.4 is 5.32 Å². The predicted octanol–water partition coefficient (Wildman–Crippen LogP) is 12.7. The van der Waals surface area contributed by atoms with Crippen LogP contribution in [-0.2, 0) is 28.9 Å². The van der Waals surface area contributed by atoms with Gasteiger partial charge >= 0.3 is 10.4 Å². The summed E-state index contributed by atoms with van der Waals surface area (Å²) in [6.07, 6.45) is 44.3. The zero-order chi connectivity index (χ0) is 49.1. The molecular formula is C54H105NO11S. The number of allylic oxidation sites excluding steroid dienone is 1. The van der Waals surface area contributed by atoms with Crippen molar-refractivity contribution >= 4 is 16.3 Å². The molecule has 0 aromatic heterocycles. The highest BCUT2D eigenvalue weighted by Crippen LogP contribution is 2.26. The fourth-order valence-corrected chi connectivity index (χ4v) is 9.73. The maximum absolute atomic E-state index is 13.1. The number of hydrogen-bond acceptors (Lipinski definition) is 10. The van der Waals surface area contributed by atoms with E-state index < -0.39 is 59.9 Å². The van der Waals surface area contributed by atoms with Gasteiger partial charge in [-0.15, -0.1) is 0 Å². The fraction of sp³-hybridized carbons (Fsp3) is 0.944. The average Bonchev–Trinajstić information content (AvgIpc) is 3.30. The summed E-state index contributed by atoms with van der Waals surface area (Å²) in [7, 11) is -5.08. The van der Waals surface area contributed by atoms with Crippen LogP contribution in [0.3, 0.4) is 0 Å². The summed E-state index contributed by atoms with van der Waals surface area (Å²) in [5, 5.41) is 44.8. The van der Waals surface area contributed by atoms with E-state index in [4.69, 9.17) is 9.47 Å². The number of amides is 1. The van der Waals surface area contributed by atoms with Crippen LogP contribution in [0.1, 0.15) is 271 Å². The van der Waals surface area contributed by atoms with Crippen LogP contribution >= 0.6 is 0 Å². The number of nitrogens with one attached hydrogen (secondary N) is 1. The fourth-order valence-electron chi connectivity index (χ4n) is 9.22. The van der Waals surface area contributed by atoms with Gasteiger partial charge in [0.15, 0.2) is 6.29 Å². The van der Waals surface area contributed by atoms with Crippen molar-refractivity contribution in [1.82, 2.24) is 5.32 Å². The molecule has 7 atom stereocenters. The molecule has 0 spiro atoms. The number of carbonyl (C=O) groups excluding carboxylic acids is 1. The van der Waals surface area contributed by atoms with Crippen LogP contribution in [0.25, 0.3) is 0 Å². The van der Waals surface area contributed by atoms with Gasteiger partial charge in [-0.25, -0.2) is 4.18 Å². The highest BCUT2D eigenvalue weighted by atomic mass is 32.3. The number of carbonyl (C=O) groups is 1. The third-order valence-electron chi connectivity index (χ3n) is 13.6. The zero-order valence-electron chi connectivity index (χ0n) is 43.0. The molecule has 0 aliphatic carbocycles. The molecule has 0 radical (unpaired) electrons. The van der Waals surface area contributed by atoms with Gasteiger partial charge in [0.2, 0.25) is 5.91 Å². The number of unbranched alkanes of at least 4 members (excludes halogenated alkanes) is 37. The Balaban J connectivity index is 2.24. The summed E-state index contributed by atoms with van der Waals surface area (Å²) in [6.45, 7) is 3.40. The Hall–Kier alpha value is -1.16. The second-order valence-electron chi connectivity index (χ2n) is 19.9. The number of aliphatic hydroxyl groups excluding tert-OH is 4.